The van der Waals surface area contributed by atoms with Crippen molar-refractivity contribution in [2.45, 2.75) is 31.8 Å². The summed E-state index contributed by atoms with van der Waals surface area (Å²) in [6.07, 6.45) is 3.68. The predicted molar refractivity (Wildman–Crippen MR) is 63.4 cm³/mol. The molecule has 0 bridgehead atoms. The van der Waals surface area contributed by atoms with Crippen molar-refractivity contribution in [3.05, 3.63) is 34.2 Å². The van der Waals surface area contributed by atoms with Gasteiger partial charge in [0.1, 0.15) is 0 Å². The molecule has 0 aromatic carbocycles. The van der Waals surface area contributed by atoms with Gasteiger partial charge < -0.3 is 15.0 Å². The van der Waals surface area contributed by atoms with E-state index in [-0.39, 0.29) is 24.4 Å². The number of carboxylic acids is 1. The Morgan fingerprint density at radius 3 is 2.72 bits per heavy atom. The Morgan fingerprint density at radius 1 is 1.44 bits per heavy atom. The third-order valence-electron chi connectivity index (χ3n) is 2.77. The number of carbonyl (C=O) groups excluding carboxylic acids is 1. The second-order valence-electron chi connectivity index (χ2n) is 4.34. The molecule has 1 aromatic heterocycles. The van der Waals surface area contributed by atoms with Crippen LogP contribution in [0.25, 0.3) is 0 Å². The lowest BCUT2D eigenvalue weighted by Gasteiger charge is -2.06. The number of pyridine rings is 1. The molecule has 0 radical (unpaired) electrons. The maximum Gasteiger partial charge on any atom is 0.335 e. The van der Waals surface area contributed by atoms with E-state index in [0.29, 0.717) is 6.04 Å². The van der Waals surface area contributed by atoms with E-state index < -0.39 is 11.5 Å². The first kappa shape index (κ1) is 12.3. The van der Waals surface area contributed by atoms with E-state index in [1.165, 1.54) is 16.8 Å². The molecular weight excluding hydrogens is 236 g/mol. The Morgan fingerprint density at radius 2 is 2.17 bits per heavy atom. The first-order chi connectivity index (χ1) is 8.56. The predicted octanol–water partition coefficient (Wildman–Crippen LogP) is 0.215. The van der Waals surface area contributed by atoms with Crippen LogP contribution in [0.2, 0.25) is 0 Å². The van der Waals surface area contributed by atoms with Gasteiger partial charge in [-0.25, -0.2) is 4.79 Å². The zero-order valence-corrected chi connectivity index (χ0v) is 9.76. The molecule has 2 rings (SSSR count). The Labute approximate surface area is 103 Å². The van der Waals surface area contributed by atoms with E-state index in [0.717, 1.165) is 18.9 Å². The summed E-state index contributed by atoms with van der Waals surface area (Å²) in [5.74, 6) is -1.21. The van der Waals surface area contributed by atoms with E-state index in [4.69, 9.17) is 5.11 Å². The van der Waals surface area contributed by atoms with Gasteiger partial charge in [-0.1, -0.05) is 0 Å². The first-order valence-electron chi connectivity index (χ1n) is 5.79. The number of carboxylic acid groups (broad SMARTS) is 1. The lowest BCUT2D eigenvalue weighted by molar-refractivity contribution is -0.121. The average Bonchev–Trinajstić information content (AvgIpc) is 3.11. The van der Waals surface area contributed by atoms with E-state index in [9.17, 15) is 14.4 Å². The molecule has 1 aliphatic carbocycles. The molecule has 0 saturated heterocycles. The fourth-order valence-electron chi connectivity index (χ4n) is 1.58. The number of aryl methyl sites for hydroxylation is 1. The molecule has 1 aliphatic rings. The summed E-state index contributed by atoms with van der Waals surface area (Å²) < 4.78 is 1.33. The quantitative estimate of drug-likeness (QED) is 0.782. The highest BCUT2D eigenvalue weighted by molar-refractivity contribution is 5.87. The van der Waals surface area contributed by atoms with Gasteiger partial charge in [0, 0.05) is 31.3 Å². The fraction of sp³-hybridized carbons (Fsp3) is 0.417. The molecule has 6 heteroatoms. The van der Waals surface area contributed by atoms with Gasteiger partial charge in [0.15, 0.2) is 0 Å². The number of rotatable bonds is 5. The van der Waals surface area contributed by atoms with E-state index in [1.54, 1.807) is 0 Å². The van der Waals surface area contributed by atoms with Gasteiger partial charge in [0.25, 0.3) is 5.56 Å². The molecule has 18 heavy (non-hydrogen) atoms. The second-order valence-corrected chi connectivity index (χ2v) is 4.34. The Balaban J connectivity index is 1.94. The number of nitrogens with one attached hydrogen (secondary N) is 1. The van der Waals surface area contributed by atoms with Gasteiger partial charge in [-0.3, -0.25) is 9.59 Å². The van der Waals surface area contributed by atoms with E-state index in [2.05, 4.69) is 5.32 Å². The summed E-state index contributed by atoms with van der Waals surface area (Å²) in [6.45, 7) is 0.261. The normalized spacial score (nSPS) is 14.2. The summed E-state index contributed by atoms with van der Waals surface area (Å²) in [4.78, 5) is 33.6. The fourth-order valence-corrected chi connectivity index (χ4v) is 1.58. The Hall–Kier alpha value is -2.11. The van der Waals surface area contributed by atoms with Crippen LogP contribution in [0.4, 0.5) is 0 Å². The summed E-state index contributed by atoms with van der Waals surface area (Å²) in [6, 6.07) is 2.72. The van der Waals surface area contributed by atoms with Crippen LogP contribution in [0, 0.1) is 0 Å². The zero-order chi connectivity index (χ0) is 13.1. The molecular formula is C12H14N2O4. The van der Waals surface area contributed by atoms with Crippen molar-refractivity contribution in [2.24, 2.45) is 0 Å². The lowest BCUT2D eigenvalue weighted by Crippen LogP contribution is -2.28. The van der Waals surface area contributed by atoms with Gasteiger partial charge in [-0.2, -0.15) is 0 Å². The van der Waals surface area contributed by atoms with E-state index in [1.807, 2.05) is 0 Å². The van der Waals surface area contributed by atoms with Crippen molar-refractivity contribution >= 4 is 11.9 Å². The third-order valence-corrected chi connectivity index (χ3v) is 2.77. The number of aromatic nitrogens is 1. The Bertz CT molecular complexity index is 531. The van der Waals surface area contributed by atoms with Crippen LogP contribution in [-0.2, 0) is 11.3 Å². The summed E-state index contributed by atoms with van der Waals surface area (Å²) in [5, 5.41) is 11.5. The molecule has 0 unspecified atom stereocenters. The monoisotopic (exact) mass is 250 g/mol. The van der Waals surface area contributed by atoms with Crippen molar-refractivity contribution in [3.8, 4) is 0 Å². The molecule has 2 N–H and O–H groups in total. The van der Waals surface area contributed by atoms with Crippen LogP contribution in [0.3, 0.4) is 0 Å². The summed E-state index contributed by atoms with van der Waals surface area (Å²) >= 11 is 0. The molecule has 1 fully saturated rings. The van der Waals surface area contributed by atoms with Gasteiger partial charge >= 0.3 is 5.97 Å². The summed E-state index contributed by atoms with van der Waals surface area (Å²) in [7, 11) is 0. The van der Waals surface area contributed by atoms with Crippen LogP contribution in [0.1, 0.15) is 29.6 Å². The highest BCUT2D eigenvalue weighted by Gasteiger charge is 2.22. The topological polar surface area (TPSA) is 88.4 Å². The van der Waals surface area contributed by atoms with Crippen LogP contribution >= 0.6 is 0 Å². The minimum atomic E-state index is -1.13. The molecule has 1 saturated carbocycles. The molecule has 0 spiro atoms. The number of hydrogen-bond donors (Lipinski definition) is 2. The first-order valence-corrected chi connectivity index (χ1v) is 5.79. The maximum atomic E-state index is 11.6. The standard InChI is InChI=1S/C12H14N2O4/c15-10(13-9-1-2-9)4-6-14-5-3-8(12(17)18)7-11(14)16/h3,5,7,9H,1-2,4,6H2,(H,13,15)(H,17,18). The van der Waals surface area contributed by atoms with Crippen molar-refractivity contribution in [1.29, 1.82) is 0 Å². The molecule has 6 nitrogen and oxygen atoms in total. The molecule has 0 atom stereocenters. The maximum absolute atomic E-state index is 11.6. The molecule has 96 valence electrons. The minimum absolute atomic E-state index is 0.0429. The zero-order valence-electron chi connectivity index (χ0n) is 9.76. The number of nitrogens with zero attached hydrogens (tertiary/aromatic N) is 1. The van der Waals surface area contributed by atoms with Gasteiger partial charge in [0.05, 0.1) is 5.56 Å². The SMILES string of the molecule is O=C(CCn1ccc(C(=O)O)cc1=O)NC1CC1. The number of aromatic carboxylic acids is 1. The van der Waals surface area contributed by atoms with Gasteiger partial charge in [0.2, 0.25) is 5.91 Å². The minimum Gasteiger partial charge on any atom is -0.478 e. The van der Waals surface area contributed by atoms with Crippen LogP contribution in [-0.4, -0.2) is 27.6 Å². The third kappa shape index (κ3) is 3.19. The van der Waals surface area contributed by atoms with Crippen LogP contribution < -0.4 is 10.9 Å². The van der Waals surface area contributed by atoms with Crippen molar-refractivity contribution in [1.82, 2.24) is 9.88 Å². The number of hydrogen-bond acceptors (Lipinski definition) is 3. The smallest absolute Gasteiger partial charge is 0.335 e. The van der Waals surface area contributed by atoms with Crippen molar-refractivity contribution in [3.63, 3.8) is 0 Å². The number of amides is 1. The van der Waals surface area contributed by atoms with Crippen LogP contribution in [0.15, 0.2) is 23.1 Å². The highest BCUT2D eigenvalue weighted by atomic mass is 16.4. The molecule has 1 heterocycles. The molecule has 1 amide bonds. The number of carbonyl (C=O) groups is 2. The largest absolute Gasteiger partial charge is 0.478 e. The summed E-state index contributed by atoms with van der Waals surface area (Å²) in [5.41, 5.74) is -0.451. The van der Waals surface area contributed by atoms with Crippen molar-refractivity contribution in [2.75, 3.05) is 0 Å². The van der Waals surface area contributed by atoms with Crippen LogP contribution in [0.5, 0.6) is 0 Å². The highest BCUT2D eigenvalue weighted by Crippen LogP contribution is 2.18. The van der Waals surface area contributed by atoms with Gasteiger partial charge in [-0.15, -0.1) is 0 Å². The van der Waals surface area contributed by atoms with E-state index >= 15 is 0 Å². The Kier molecular flexibility index (Phi) is 3.45. The molecule has 1 aromatic rings. The average molecular weight is 250 g/mol. The van der Waals surface area contributed by atoms with Gasteiger partial charge in [-0.05, 0) is 18.9 Å². The lowest BCUT2D eigenvalue weighted by atomic mass is 10.2. The molecule has 0 aliphatic heterocycles. The van der Waals surface area contributed by atoms with Crippen molar-refractivity contribution < 1.29 is 14.7 Å². The second kappa shape index (κ2) is 5.03.